The van der Waals surface area contributed by atoms with Crippen molar-refractivity contribution in [2.45, 2.75) is 52.4 Å². The maximum atomic E-state index is 3.06. The fourth-order valence-electron chi connectivity index (χ4n) is 4.98. The third-order valence-electron chi connectivity index (χ3n) is 7.20. The molecule has 0 fully saturated rings. The summed E-state index contributed by atoms with van der Waals surface area (Å²) < 4.78 is 0. The predicted molar refractivity (Wildman–Crippen MR) is 178 cm³/mol. The van der Waals surface area contributed by atoms with Gasteiger partial charge in [0.1, 0.15) is 0 Å². The van der Waals surface area contributed by atoms with Crippen LogP contribution in [-0.4, -0.2) is 6.88 Å². The van der Waals surface area contributed by atoms with E-state index in [1.54, 1.807) is 0 Å². The van der Waals surface area contributed by atoms with Crippen molar-refractivity contribution in [1.82, 2.24) is 0 Å². The number of rotatable bonds is 1. The summed E-state index contributed by atoms with van der Waals surface area (Å²) in [5, 5.41) is 8.13. The van der Waals surface area contributed by atoms with Gasteiger partial charge in [-0.3, -0.25) is 0 Å². The van der Waals surface area contributed by atoms with Crippen LogP contribution < -0.4 is 0 Å². The van der Waals surface area contributed by atoms with Crippen molar-refractivity contribution in [1.29, 1.82) is 0 Å². The Balaban J connectivity index is 0.000000262. The van der Waals surface area contributed by atoms with Gasteiger partial charge in [-0.2, -0.15) is 0 Å². The first kappa shape index (κ1) is 33.7. The molecule has 0 bridgehead atoms. The van der Waals surface area contributed by atoms with Gasteiger partial charge in [-0.15, -0.1) is 86.4 Å². The molecular formula is C38H42SiZr-4. The quantitative estimate of drug-likeness (QED) is 0.127. The SMILES string of the molecule is CC(C)(C)c1ccc2c(c1)[cH-]c1cc(C(C)(C)C)ccc12.[CH3-].[CH3-].[Si]=[Zr].c1ccc(-c2c[cH-]c3ccccc23)cc1. The Morgan fingerprint density at radius 1 is 0.550 bits per heavy atom. The molecule has 2 radical (unpaired) electrons. The maximum Gasteiger partial charge on any atom is -0.0623 e. The topological polar surface area (TPSA) is 0 Å². The molecule has 0 N–H and O–H groups in total. The fraction of sp³-hybridized carbons (Fsp3) is 0.211. The molecule has 6 aromatic rings. The second kappa shape index (κ2) is 13.9. The molecule has 0 aliphatic rings. The summed E-state index contributed by atoms with van der Waals surface area (Å²) in [5.41, 5.74) is 5.83. The molecule has 2 heteroatoms. The minimum absolute atomic E-state index is 0. The third kappa shape index (κ3) is 7.39. The Morgan fingerprint density at radius 3 is 1.52 bits per heavy atom. The first-order valence-electron chi connectivity index (χ1n) is 13.2. The molecule has 6 aromatic carbocycles. The van der Waals surface area contributed by atoms with Crippen molar-refractivity contribution in [3.05, 3.63) is 135 Å². The molecule has 0 unspecified atom stereocenters. The van der Waals surface area contributed by atoms with Crippen LogP contribution in [0.5, 0.6) is 0 Å². The summed E-state index contributed by atoms with van der Waals surface area (Å²) >= 11 is 1.36. The molecular weight excluding hydrogens is 576 g/mol. The van der Waals surface area contributed by atoms with Crippen molar-refractivity contribution >= 4 is 39.2 Å². The van der Waals surface area contributed by atoms with Gasteiger partial charge in [0, 0.05) is 0 Å². The van der Waals surface area contributed by atoms with E-state index in [-0.39, 0.29) is 25.7 Å². The van der Waals surface area contributed by atoms with Crippen LogP contribution in [-0.2, 0) is 34.2 Å². The Hall–Kier alpha value is -2.54. The summed E-state index contributed by atoms with van der Waals surface area (Å²) in [5.74, 6) is 0. The second-order valence-electron chi connectivity index (χ2n) is 11.9. The summed E-state index contributed by atoms with van der Waals surface area (Å²) in [6, 6.07) is 39.6. The zero-order valence-corrected chi connectivity index (χ0v) is 28.9. The van der Waals surface area contributed by atoms with E-state index in [0.29, 0.717) is 0 Å². The number of fused-ring (bicyclic) bond motifs is 4. The van der Waals surface area contributed by atoms with E-state index in [1.165, 1.54) is 77.9 Å². The van der Waals surface area contributed by atoms with Gasteiger partial charge in [-0.25, -0.2) is 0 Å². The van der Waals surface area contributed by atoms with Crippen molar-refractivity contribution in [3.63, 3.8) is 0 Å². The van der Waals surface area contributed by atoms with Crippen LogP contribution in [0.2, 0.25) is 0 Å². The Bertz CT molecular complexity index is 1580. The van der Waals surface area contributed by atoms with Crippen LogP contribution in [0.3, 0.4) is 0 Å². The molecule has 0 saturated heterocycles. The van der Waals surface area contributed by atoms with Gasteiger partial charge in [0.15, 0.2) is 0 Å². The van der Waals surface area contributed by atoms with Crippen LogP contribution in [0.4, 0.5) is 0 Å². The summed E-state index contributed by atoms with van der Waals surface area (Å²) in [6.45, 7) is 16.7. The monoisotopic (exact) mass is 616 g/mol. The molecule has 0 aromatic heterocycles. The van der Waals surface area contributed by atoms with E-state index in [2.05, 4.69) is 158 Å². The fourth-order valence-corrected chi connectivity index (χ4v) is 4.98. The Morgan fingerprint density at radius 2 is 1.02 bits per heavy atom. The zero-order chi connectivity index (χ0) is 27.5. The van der Waals surface area contributed by atoms with Gasteiger partial charge in [-0.05, 0) is 10.8 Å². The molecule has 0 heterocycles. The van der Waals surface area contributed by atoms with Gasteiger partial charge < -0.3 is 14.9 Å². The summed E-state index contributed by atoms with van der Waals surface area (Å²) in [4.78, 5) is 0. The molecule has 0 aliphatic carbocycles. The molecule has 0 amide bonds. The maximum absolute atomic E-state index is 3.06. The molecule has 0 aliphatic heterocycles. The van der Waals surface area contributed by atoms with Crippen LogP contribution in [0.25, 0.3) is 43.4 Å². The summed E-state index contributed by atoms with van der Waals surface area (Å²) in [6.07, 6.45) is 0. The van der Waals surface area contributed by atoms with Crippen LogP contribution in [0.15, 0.2) is 109 Å². The zero-order valence-electron chi connectivity index (χ0n) is 25.4. The molecule has 0 atom stereocenters. The van der Waals surface area contributed by atoms with E-state index < -0.39 is 0 Å². The van der Waals surface area contributed by atoms with Gasteiger partial charge in [0.25, 0.3) is 0 Å². The number of hydrogen-bond donors (Lipinski definition) is 0. The van der Waals surface area contributed by atoms with Crippen LogP contribution in [0, 0.1) is 14.9 Å². The van der Waals surface area contributed by atoms with Gasteiger partial charge in [-0.1, -0.05) is 119 Å². The third-order valence-corrected chi connectivity index (χ3v) is 7.20. The van der Waals surface area contributed by atoms with Crippen molar-refractivity contribution in [2.24, 2.45) is 0 Å². The average molecular weight is 618 g/mol. The first-order valence-corrected chi connectivity index (χ1v) is 17.4. The number of hydrogen-bond acceptors (Lipinski definition) is 0. The van der Waals surface area contributed by atoms with E-state index in [0.717, 1.165) is 0 Å². The van der Waals surface area contributed by atoms with Gasteiger partial charge in [0.2, 0.25) is 0 Å². The van der Waals surface area contributed by atoms with Crippen molar-refractivity contribution in [2.75, 3.05) is 0 Å². The minimum atomic E-state index is 0. The largest absolute Gasteiger partial charge is 0.150 e. The van der Waals surface area contributed by atoms with Crippen LogP contribution >= 0.6 is 0 Å². The van der Waals surface area contributed by atoms with E-state index in [1.807, 2.05) is 0 Å². The van der Waals surface area contributed by atoms with E-state index in [9.17, 15) is 0 Å². The normalized spacial score (nSPS) is 11.0. The van der Waals surface area contributed by atoms with Crippen molar-refractivity contribution in [3.8, 4) is 11.1 Å². The second-order valence-corrected chi connectivity index (χ2v) is 11.9. The van der Waals surface area contributed by atoms with E-state index in [4.69, 9.17) is 0 Å². The molecule has 0 nitrogen and oxygen atoms in total. The average Bonchev–Trinajstić information content (AvgIpc) is 3.50. The van der Waals surface area contributed by atoms with E-state index >= 15 is 0 Å². The standard InChI is InChI=1S/C21H25.C15H11.2CH3.Si.Zr/c1-20(2,3)16-7-9-18-14(12-16)11-15-13-17(21(4,5)6)8-10-19(15)18;1-2-6-12(7-3-1)15-11-10-13-8-4-5-9-14(13)15;;;;/h7-13H,1-6H3;1-11H;2*1H3;;/q4*-1;;. The molecule has 0 spiro atoms. The smallest absolute Gasteiger partial charge is 0.0623 e. The van der Waals surface area contributed by atoms with Crippen LogP contribution in [0.1, 0.15) is 52.7 Å². The summed E-state index contributed by atoms with van der Waals surface area (Å²) in [7, 11) is 0. The molecule has 0 saturated carbocycles. The molecule has 40 heavy (non-hydrogen) atoms. The Kier molecular flexibility index (Phi) is 11.7. The Labute approximate surface area is 259 Å². The van der Waals surface area contributed by atoms with Crippen molar-refractivity contribution < 1.29 is 23.3 Å². The first-order chi connectivity index (χ1) is 18.1. The molecule has 6 rings (SSSR count). The predicted octanol–water partition coefficient (Wildman–Crippen LogP) is 11.0. The van der Waals surface area contributed by atoms with Gasteiger partial charge >= 0.3 is 30.2 Å². The number of benzene rings is 4. The minimum Gasteiger partial charge on any atom is -0.150 e. The molecule has 206 valence electrons. The van der Waals surface area contributed by atoms with Gasteiger partial charge in [0.05, 0.1) is 0 Å².